The number of fused-ring (bicyclic) bond motifs is 2. The molecule has 4 heterocycles. The highest BCUT2D eigenvalue weighted by molar-refractivity contribution is 6.04. The van der Waals surface area contributed by atoms with Crippen molar-refractivity contribution in [2.24, 2.45) is 0 Å². The Morgan fingerprint density at radius 1 is 0.857 bits per heavy atom. The fourth-order valence-electron chi connectivity index (χ4n) is 6.92. The summed E-state index contributed by atoms with van der Waals surface area (Å²) in [6, 6.07) is 30.7. The Balaban J connectivity index is 1.27. The van der Waals surface area contributed by atoms with Gasteiger partial charge in [-0.3, -0.25) is 9.97 Å². The molecule has 0 aliphatic carbocycles. The maximum absolute atomic E-state index is 13.2. The van der Waals surface area contributed by atoms with Crippen molar-refractivity contribution in [3.05, 3.63) is 156 Å². The molecule has 3 aromatic carbocycles. The number of para-hydroxylation sites is 1. The van der Waals surface area contributed by atoms with E-state index < -0.39 is 5.97 Å². The zero-order valence-electron chi connectivity index (χ0n) is 27.8. The predicted octanol–water partition coefficient (Wildman–Crippen LogP) is 8.22. The van der Waals surface area contributed by atoms with E-state index in [1.54, 1.807) is 12.4 Å². The van der Waals surface area contributed by atoms with Crippen LogP contribution in [-0.4, -0.2) is 32.2 Å². The summed E-state index contributed by atoms with van der Waals surface area (Å²) < 4.78 is 10.4. The maximum atomic E-state index is 13.2. The molecule has 0 radical (unpaired) electrons. The van der Waals surface area contributed by atoms with E-state index in [1.807, 2.05) is 59.3 Å². The third-order valence-electron chi connectivity index (χ3n) is 9.23. The molecule has 0 saturated heterocycles. The van der Waals surface area contributed by atoms with E-state index in [0.717, 1.165) is 79.5 Å². The van der Waals surface area contributed by atoms with E-state index in [0.29, 0.717) is 31.7 Å². The summed E-state index contributed by atoms with van der Waals surface area (Å²) >= 11 is 0. The van der Waals surface area contributed by atoms with Gasteiger partial charge in [-0.15, -0.1) is 0 Å². The zero-order valence-corrected chi connectivity index (χ0v) is 27.8. The molecule has 4 aromatic heterocycles. The van der Waals surface area contributed by atoms with Crippen LogP contribution in [0.5, 0.6) is 5.75 Å². The van der Waals surface area contributed by atoms with Crippen molar-refractivity contribution in [3.63, 3.8) is 0 Å². The fraction of sp³-hybridized carbons (Fsp3) is 0.190. The Bertz CT molecular complexity index is 2250. The minimum absolute atomic E-state index is 0.320. The van der Waals surface area contributed by atoms with E-state index in [1.165, 1.54) is 0 Å². The van der Waals surface area contributed by atoms with E-state index in [2.05, 4.69) is 78.3 Å². The first-order valence-electron chi connectivity index (χ1n) is 16.8. The minimum Gasteiger partial charge on any atom is -0.493 e. The number of pyridine rings is 3. The molecule has 0 unspecified atom stereocenters. The number of carboxylic acid groups (broad SMARTS) is 1. The number of nitrogens with zero attached hydrogens (tertiary/aromatic N) is 4. The molecule has 0 spiro atoms. The van der Waals surface area contributed by atoms with Crippen LogP contribution in [0.25, 0.3) is 32.8 Å². The van der Waals surface area contributed by atoms with Crippen LogP contribution in [0, 0.1) is 6.92 Å². The summed E-state index contributed by atoms with van der Waals surface area (Å²) in [7, 11) is 0. The Hall–Kier alpha value is -5.82. The molecule has 0 saturated carbocycles. The van der Waals surface area contributed by atoms with E-state index in [9.17, 15) is 9.90 Å². The highest BCUT2D eigenvalue weighted by Crippen LogP contribution is 2.38. The SMILES string of the molecule is CCc1nccc(C)c1-c1cccc2c(CCCOc3cccc4ccccc34)c(C(=O)O)n(Cc3cc[n+](Cc4ccncc4)cc3)c12. The average Bonchev–Trinajstić information content (AvgIpc) is 3.44. The molecular weight excluding hydrogens is 608 g/mol. The van der Waals surface area contributed by atoms with Crippen LogP contribution < -0.4 is 9.30 Å². The van der Waals surface area contributed by atoms with Crippen LogP contribution in [0.15, 0.2) is 122 Å². The normalized spacial score (nSPS) is 11.3. The maximum Gasteiger partial charge on any atom is 0.352 e. The Kier molecular flexibility index (Phi) is 9.15. The smallest absolute Gasteiger partial charge is 0.352 e. The molecule has 0 aliphatic heterocycles. The van der Waals surface area contributed by atoms with Crippen molar-refractivity contribution in [2.45, 2.75) is 46.2 Å². The summed E-state index contributed by atoms with van der Waals surface area (Å²) in [6.45, 7) is 5.82. The van der Waals surface area contributed by atoms with Gasteiger partial charge < -0.3 is 14.4 Å². The van der Waals surface area contributed by atoms with Gasteiger partial charge in [-0.05, 0) is 72.5 Å². The van der Waals surface area contributed by atoms with Crippen molar-refractivity contribution in [2.75, 3.05) is 6.61 Å². The molecule has 0 fully saturated rings. The van der Waals surface area contributed by atoms with Crippen molar-refractivity contribution in [1.29, 1.82) is 0 Å². The zero-order chi connectivity index (χ0) is 33.7. The summed E-state index contributed by atoms with van der Waals surface area (Å²) in [5.41, 5.74) is 8.44. The highest BCUT2D eigenvalue weighted by Gasteiger charge is 2.26. The van der Waals surface area contributed by atoms with Gasteiger partial charge >= 0.3 is 5.97 Å². The van der Waals surface area contributed by atoms with Crippen molar-refractivity contribution in [1.82, 2.24) is 14.5 Å². The number of hydrogen-bond acceptors (Lipinski definition) is 4. The lowest BCUT2D eigenvalue weighted by atomic mass is 9.95. The first kappa shape index (κ1) is 31.8. The number of ether oxygens (including phenoxy) is 1. The van der Waals surface area contributed by atoms with Gasteiger partial charge in [0.25, 0.3) is 0 Å². The predicted molar refractivity (Wildman–Crippen MR) is 193 cm³/mol. The first-order chi connectivity index (χ1) is 24.0. The number of benzene rings is 3. The largest absolute Gasteiger partial charge is 0.493 e. The van der Waals surface area contributed by atoms with Gasteiger partial charge in [0.05, 0.1) is 12.1 Å². The van der Waals surface area contributed by atoms with Gasteiger partial charge in [-0.1, -0.05) is 61.5 Å². The van der Waals surface area contributed by atoms with Crippen LogP contribution in [0.4, 0.5) is 0 Å². The molecule has 0 amide bonds. The van der Waals surface area contributed by atoms with Crippen LogP contribution in [0.3, 0.4) is 0 Å². The van der Waals surface area contributed by atoms with E-state index in [4.69, 9.17) is 9.72 Å². The minimum atomic E-state index is -0.936. The van der Waals surface area contributed by atoms with Gasteiger partial charge in [0.1, 0.15) is 11.4 Å². The summed E-state index contributed by atoms with van der Waals surface area (Å²) in [5.74, 6) is -0.0971. The number of aromatic nitrogens is 4. The average molecular weight is 648 g/mol. The molecule has 1 N–H and O–H groups in total. The number of aromatic carboxylic acids is 1. The third-order valence-corrected chi connectivity index (χ3v) is 9.23. The van der Waals surface area contributed by atoms with Crippen LogP contribution in [0.1, 0.15) is 51.8 Å². The molecule has 0 atom stereocenters. The molecule has 0 bridgehead atoms. The number of aryl methyl sites for hydroxylation is 3. The van der Waals surface area contributed by atoms with Crippen molar-refractivity contribution in [3.8, 4) is 16.9 Å². The van der Waals surface area contributed by atoms with Gasteiger partial charge in [-0.2, -0.15) is 0 Å². The summed E-state index contributed by atoms with van der Waals surface area (Å²) in [4.78, 5) is 22.1. The molecular formula is C42H39N4O3+. The molecule has 7 heteroatoms. The van der Waals surface area contributed by atoms with Crippen molar-refractivity contribution < 1.29 is 19.2 Å². The lowest BCUT2D eigenvalue weighted by Gasteiger charge is -2.15. The second-order valence-electron chi connectivity index (χ2n) is 12.4. The monoisotopic (exact) mass is 647 g/mol. The quantitative estimate of drug-likeness (QED) is 0.107. The molecule has 49 heavy (non-hydrogen) atoms. The van der Waals surface area contributed by atoms with Gasteiger partial charge in [0, 0.05) is 70.4 Å². The highest BCUT2D eigenvalue weighted by atomic mass is 16.5. The van der Waals surface area contributed by atoms with E-state index in [-0.39, 0.29) is 0 Å². The van der Waals surface area contributed by atoms with Gasteiger partial charge in [0.15, 0.2) is 18.9 Å². The lowest BCUT2D eigenvalue weighted by Crippen LogP contribution is -2.33. The molecule has 7 aromatic rings. The second-order valence-corrected chi connectivity index (χ2v) is 12.4. The van der Waals surface area contributed by atoms with Crippen LogP contribution in [0.2, 0.25) is 0 Å². The van der Waals surface area contributed by atoms with Gasteiger partial charge in [-0.25, -0.2) is 9.36 Å². The molecule has 7 rings (SSSR count). The second kappa shape index (κ2) is 14.1. The van der Waals surface area contributed by atoms with Crippen LogP contribution >= 0.6 is 0 Å². The summed E-state index contributed by atoms with van der Waals surface area (Å²) in [6.07, 6.45) is 11.6. The third kappa shape index (κ3) is 6.52. The van der Waals surface area contributed by atoms with Gasteiger partial charge in [0.2, 0.25) is 0 Å². The molecule has 244 valence electrons. The molecule has 0 aliphatic rings. The van der Waals surface area contributed by atoms with Crippen molar-refractivity contribution >= 4 is 27.6 Å². The number of rotatable bonds is 12. The topological polar surface area (TPSA) is 81.1 Å². The number of hydrogen-bond donors (Lipinski definition) is 1. The van der Waals surface area contributed by atoms with Crippen LogP contribution in [-0.2, 0) is 25.9 Å². The number of carbonyl (C=O) groups is 1. The first-order valence-corrected chi connectivity index (χ1v) is 16.8. The van der Waals surface area contributed by atoms with E-state index >= 15 is 0 Å². The summed E-state index contributed by atoms with van der Waals surface area (Å²) in [5, 5.41) is 14.0. The fourth-order valence-corrected chi connectivity index (χ4v) is 6.92. The number of carboxylic acids is 1. The Morgan fingerprint density at radius 2 is 1.61 bits per heavy atom. The lowest BCUT2D eigenvalue weighted by molar-refractivity contribution is -0.688. The standard InChI is InChI=1S/C42H38N4O3/c1-3-37-39(29(2)16-23-44-37)36-13-7-12-34-35(14-8-26-49-38-15-6-10-32-9-4-5-11-33(32)38)41(42(47)48)46(40(34)36)28-31-19-24-45(25-20-31)27-30-17-21-43-22-18-30/h4-7,9-13,15-25H,3,8,14,26-28H2,1-2H3/p+1. The molecule has 7 nitrogen and oxygen atoms in total. The Labute approximate surface area is 286 Å². The Morgan fingerprint density at radius 3 is 2.41 bits per heavy atom.